The summed E-state index contributed by atoms with van der Waals surface area (Å²) in [6.45, 7) is 1.45. The van der Waals surface area contributed by atoms with Crippen molar-refractivity contribution in [2.45, 2.75) is 13.3 Å². The van der Waals surface area contributed by atoms with Crippen LogP contribution >= 0.6 is 11.6 Å². The molecule has 0 radical (unpaired) electrons. The molecule has 0 heterocycles. The molecule has 19 heavy (non-hydrogen) atoms. The minimum Gasteiger partial charge on any atom is -0.294 e. The SMILES string of the molecule is Cc1cc(F)c(C(=O)Cc2cccc(Cl)c2)cc1F. The summed E-state index contributed by atoms with van der Waals surface area (Å²) < 4.78 is 27.0. The largest absolute Gasteiger partial charge is 0.294 e. The smallest absolute Gasteiger partial charge is 0.170 e. The van der Waals surface area contributed by atoms with E-state index in [1.54, 1.807) is 24.3 Å². The Hall–Kier alpha value is -1.74. The predicted molar refractivity (Wildman–Crippen MR) is 70.6 cm³/mol. The van der Waals surface area contributed by atoms with Crippen LogP contribution in [0.25, 0.3) is 0 Å². The van der Waals surface area contributed by atoms with E-state index < -0.39 is 17.4 Å². The number of ketones is 1. The van der Waals surface area contributed by atoms with Gasteiger partial charge in [0, 0.05) is 11.4 Å². The number of aryl methyl sites for hydroxylation is 1. The molecular weight excluding hydrogens is 270 g/mol. The average molecular weight is 281 g/mol. The van der Waals surface area contributed by atoms with Crippen molar-refractivity contribution >= 4 is 17.4 Å². The molecule has 0 spiro atoms. The monoisotopic (exact) mass is 280 g/mol. The number of hydrogen-bond donors (Lipinski definition) is 0. The molecular formula is C15H11ClF2O. The van der Waals surface area contributed by atoms with Crippen molar-refractivity contribution in [1.29, 1.82) is 0 Å². The summed E-state index contributed by atoms with van der Waals surface area (Å²) in [5.41, 5.74) is 0.609. The fraction of sp³-hybridized carbons (Fsp3) is 0.133. The molecule has 0 unspecified atom stereocenters. The first-order valence-corrected chi connectivity index (χ1v) is 6.08. The first kappa shape index (κ1) is 13.7. The van der Waals surface area contributed by atoms with Gasteiger partial charge in [-0.25, -0.2) is 8.78 Å². The first-order valence-electron chi connectivity index (χ1n) is 5.70. The van der Waals surface area contributed by atoms with E-state index in [4.69, 9.17) is 11.6 Å². The van der Waals surface area contributed by atoms with Crippen LogP contribution in [0.5, 0.6) is 0 Å². The maximum Gasteiger partial charge on any atom is 0.170 e. The third-order valence-corrected chi connectivity index (χ3v) is 3.04. The highest BCUT2D eigenvalue weighted by molar-refractivity contribution is 6.30. The summed E-state index contributed by atoms with van der Waals surface area (Å²) in [6, 6.07) is 8.70. The lowest BCUT2D eigenvalue weighted by atomic mass is 10.0. The van der Waals surface area contributed by atoms with Gasteiger partial charge in [0.05, 0.1) is 5.56 Å². The van der Waals surface area contributed by atoms with Crippen LogP contribution in [0.3, 0.4) is 0 Å². The summed E-state index contributed by atoms with van der Waals surface area (Å²) in [4.78, 5) is 12.0. The maximum atomic E-state index is 13.6. The van der Waals surface area contributed by atoms with Gasteiger partial charge >= 0.3 is 0 Å². The Bertz CT molecular complexity index is 638. The van der Waals surface area contributed by atoms with Crippen molar-refractivity contribution < 1.29 is 13.6 Å². The third-order valence-electron chi connectivity index (χ3n) is 2.80. The van der Waals surface area contributed by atoms with Crippen molar-refractivity contribution in [1.82, 2.24) is 0 Å². The number of halogens is 3. The van der Waals surface area contributed by atoms with Gasteiger partial charge in [0.25, 0.3) is 0 Å². The van der Waals surface area contributed by atoms with E-state index in [1.165, 1.54) is 6.92 Å². The molecule has 98 valence electrons. The number of rotatable bonds is 3. The molecule has 0 N–H and O–H groups in total. The highest BCUT2D eigenvalue weighted by atomic mass is 35.5. The van der Waals surface area contributed by atoms with Gasteiger partial charge < -0.3 is 0 Å². The second kappa shape index (κ2) is 5.49. The van der Waals surface area contributed by atoms with E-state index in [9.17, 15) is 13.6 Å². The second-order valence-corrected chi connectivity index (χ2v) is 4.75. The molecule has 2 rings (SSSR count). The molecule has 0 aliphatic carbocycles. The molecule has 0 amide bonds. The molecule has 2 aromatic rings. The fourth-order valence-electron chi connectivity index (χ4n) is 1.79. The van der Waals surface area contributed by atoms with E-state index in [0.717, 1.165) is 12.1 Å². The molecule has 0 fully saturated rings. The molecule has 0 aliphatic heterocycles. The van der Waals surface area contributed by atoms with Crippen LogP contribution in [0, 0.1) is 18.6 Å². The van der Waals surface area contributed by atoms with Crippen LogP contribution in [-0.4, -0.2) is 5.78 Å². The van der Waals surface area contributed by atoms with Gasteiger partial charge in [-0.1, -0.05) is 23.7 Å². The van der Waals surface area contributed by atoms with Crippen molar-refractivity contribution in [3.63, 3.8) is 0 Å². The average Bonchev–Trinajstić information content (AvgIpc) is 2.33. The van der Waals surface area contributed by atoms with Crippen LogP contribution in [0.4, 0.5) is 8.78 Å². The lowest BCUT2D eigenvalue weighted by Crippen LogP contribution is -2.07. The molecule has 0 bridgehead atoms. The van der Waals surface area contributed by atoms with Gasteiger partial charge in [0.1, 0.15) is 11.6 Å². The van der Waals surface area contributed by atoms with E-state index >= 15 is 0 Å². The highest BCUT2D eigenvalue weighted by Gasteiger charge is 2.15. The van der Waals surface area contributed by atoms with E-state index in [0.29, 0.717) is 10.6 Å². The molecule has 1 nitrogen and oxygen atoms in total. The van der Waals surface area contributed by atoms with Gasteiger partial charge in [0.2, 0.25) is 0 Å². The van der Waals surface area contributed by atoms with Crippen molar-refractivity contribution in [2.24, 2.45) is 0 Å². The molecule has 0 aliphatic rings. The molecule has 4 heteroatoms. The summed E-state index contributed by atoms with van der Waals surface area (Å²) in [6.07, 6.45) is -0.0139. The Kier molecular flexibility index (Phi) is 3.96. The predicted octanol–water partition coefficient (Wildman–Crippen LogP) is 4.35. The number of benzene rings is 2. The number of hydrogen-bond acceptors (Lipinski definition) is 1. The lowest BCUT2D eigenvalue weighted by Gasteiger charge is -2.05. The van der Waals surface area contributed by atoms with Crippen LogP contribution in [0.15, 0.2) is 36.4 Å². The van der Waals surface area contributed by atoms with Gasteiger partial charge in [-0.3, -0.25) is 4.79 Å². The van der Waals surface area contributed by atoms with Crippen LogP contribution in [0.1, 0.15) is 21.5 Å². The van der Waals surface area contributed by atoms with Crippen molar-refractivity contribution in [3.8, 4) is 0 Å². The Morgan fingerprint density at radius 1 is 1.16 bits per heavy atom. The van der Waals surface area contributed by atoms with E-state index in [1.807, 2.05) is 0 Å². The zero-order valence-electron chi connectivity index (χ0n) is 10.2. The Labute approximate surface area is 114 Å². The Balaban J connectivity index is 2.28. The molecule has 0 saturated carbocycles. The standard InChI is InChI=1S/C15H11ClF2O/c1-9-5-14(18)12(8-13(9)17)15(19)7-10-3-2-4-11(16)6-10/h2-6,8H,7H2,1H3. The van der Waals surface area contributed by atoms with Crippen LogP contribution in [-0.2, 0) is 6.42 Å². The highest BCUT2D eigenvalue weighted by Crippen LogP contribution is 2.18. The topological polar surface area (TPSA) is 17.1 Å². The summed E-state index contributed by atoms with van der Waals surface area (Å²) in [7, 11) is 0. The number of carbonyl (C=O) groups excluding carboxylic acids is 1. The number of Topliss-reactive ketones (excluding diaryl/α,β-unsaturated/α-hetero) is 1. The fourth-order valence-corrected chi connectivity index (χ4v) is 2.00. The lowest BCUT2D eigenvalue weighted by molar-refractivity contribution is 0.0988. The third kappa shape index (κ3) is 3.18. The quantitative estimate of drug-likeness (QED) is 0.764. The second-order valence-electron chi connectivity index (χ2n) is 4.31. The molecule has 2 aromatic carbocycles. The van der Waals surface area contributed by atoms with Crippen LogP contribution < -0.4 is 0 Å². The van der Waals surface area contributed by atoms with Crippen molar-refractivity contribution in [3.05, 3.63) is 69.7 Å². The Morgan fingerprint density at radius 2 is 1.89 bits per heavy atom. The van der Waals surface area contributed by atoms with Gasteiger partial charge in [-0.05, 0) is 42.3 Å². The number of carbonyl (C=O) groups is 1. The summed E-state index contributed by atoms with van der Waals surface area (Å²) >= 11 is 5.81. The van der Waals surface area contributed by atoms with E-state index in [-0.39, 0.29) is 17.5 Å². The van der Waals surface area contributed by atoms with Gasteiger partial charge in [0.15, 0.2) is 5.78 Å². The van der Waals surface area contributed by atoms with Gasteiger partial charge in [-0.15, -0.1) is 0 Å². The first-order chi connectivity index (χ1) is 8.97. The summed E-state index contributed by atoms with van der Waals surface area (Å²) in [5, 5.41) is 0.501. The molecule has 0 saturated heterocycles. The Morgan fingerprint density at radius 3 is 2.58 bits per heavy atom. The van der Waals surface area contributed by atoms with Crippen molar-refractivity contribution in [2.75, 3.05) is 0 Å². The molecule has 0 atom stereocenters. The zero-order valence-corrected chi connectivity index (χ0v) is 11.0. The normalized spacial score (nSPS) is 10.5. The summed E-state index contributed by atoms with van der Waals surface area (Å²) in [5.74, 6) is -1.76. The van der Waals surface area contributed by atoms with Crippen LogP contribution in [0.2, 0.25) is 5.02 Å². The minimum absolute atomic E-state index is 0.0139. The van der Waals surface area contributed by atoms with E-state index in [2.05, 4.69) is 0 Å². The zero-order chi connectivity index (χ0) is 14.0. The molecule has 0 aromatic heterocycles. The van der Waals surface area contributed by atoms with Gasteiger partial charge in [-0.2, -0.15) is 0 Å². The maximum absolute atomic E-state index is 13.6. The minimum atomic E-state index is -0.703.